The highest BCUT2D eigenvalue weighted by atomic mass is 127. The van der Waals surface area contributed by atoms with Crippen LogP contribution in [0, 0.1) is 0 Å². The first kappa shape index (κ1) is 21.1. The summed E-state index contributed by atoms with van der Waals surface area (Å²) in [6, 6.07) is 5.92. The maximum Gasteiger partial charge on any atom is 0.191 e. The third-order valence-electron chi connectivity index (χ3n) is 3.47. The van der Waals surface area contributed by atoms with Gasteiger partial charge in [-0.15, -0.1) is 24.0 Å². The topological polar surface area (TPSA) is 52.5 Å². The Kier molecular flexibility index (Phi) is 13.2. The number of hydrogen-bond donors (Lipinski definition) is 2. The standard InChI is InChI=1S/C16H29N5.HI/c1-4-21(5-2)13-9-8-12-19-16(17-3)20-14-15-10-6-7-11-18-15;/h6-7,10-11H,4-5,8-9,12-14H2,1-3H3,(H2,17,19,20);1H. The van der Waals surface area contributed by atoms with Crippen molar-refractivity contribution in [3.8, 4) is 0 Å². The molecule has 0 spiro atoms. The van der Waals surface area contributed by atoms with Crippen molar-refractivity contribution in [3.05, 3.63) is 30.1 Å². The molecule has 1 heterocycles. The van der Waals surface area contributed by atoms with Gasteiger partial charge >= 0.3 is 0 Å². The molecule has 1 rings (SSSR count). The van der Waals surface area contributed by atoms with Crippen LogP contribution in [0.2, 0.25) is 0 Å². The van der Waals surface area contributed by atoms with Crippen LogP contribution in [0.25, 0.3) is 0 Å². The highest BCUT2D eigenvalue weighted by Gasteiger charge is 2.00. The van der Waals surface area contributed by atoms with Gasteiger partial charge in [0.05, 0.1) is 12.2 Å². The van der Waals surface area contributed by atoms with E-state index in [4.69, 9.17) is 0 Å². The molecule has 2 N–H and O–H groups in total. The van der Waals surface area contributed by atoms with Crippen LogP contribution in [0.4, 0.5) is 0 Å². The molecule has 0 saturated heterocycles. The number of pyridine rings is 1. The normalized spacial score (nSPS) is 11.2. The lowest BCUT2D eigenvalue weighted by atomic mass is 10.3. The lowest BCUT2D eigenvalue weighted by Crippen LogP contribution is -2.37. The summed E-state index contributed by atoms with van der Waals surface area (Å²) >= 11 is 0. The molecule has 6 heteroatoms. The molecule has 0 aliphatic heterocycles. The highest BCUT2D eigenvalue weighted by molar-refractivity contribution is 14.0. The van der Waals surface area contributed by atoms with E-state index in [1.165, 1.54) is 13.0 Å². The van der Waals surface area contributed by atoms with Crippen molar-refractivity contribution in [3.63, 3.8) is 0 Å². The van der Waals surface area contributed by atoms with E-state index in [9.17, 15) is 0 Å². The van der Waals surface area contributed by atoms with Gasteiger partial charge in [-0.25, -0.2) is 0 Å². The lowest BCUT2D eigenvalue weighted by Gasteiger charge is -2.18. The molecule has 0 unspecified atom stereocenters. The van der Waals surface area contributed by atoms with Crippen molar-refractivity contribution in [2.24, 2.45) is 4.99 Å². The van der Waals surface area contributed by atoms with Crippen molar-refractivity contribution in [2.75, 3.05) is 33.2 Å². The number of hydrogen-bond acceptors (Lipinski definition) is 3. The maximum absolute atomic E-state index is 4.28. The molecule has 0 saturated carbocycles. The Balaban J connectivity index is 0.00000441. The van der Waals surface area contributed by atoms with Gasteiger partial charge in [-0.1, -0.05) is 19.9 Å². The molecule has 5 nitrogen and oxygen atoms in total. The van der Waals surface area contributed by atoms with Crippen LogP contribution in [0.1, 0.15) is 32.4 Å². The molecular formula is C16H30IN5. The summed E-state index contributed by atoms with van der Waals surface area (Å²) in [6.07, 6.45) is 4.17. The molecule has 0 amide bonds. The lowest BCUT2D eigenvalue weighted by molar-refractivity contribution is 0.297. The van der Waals surface area contributed by atoms with Crippen LogP contribution in [-0.2, 0) is 6.54 Å². The van der Waals surface area contributed by atoms with Crippen LogP contribution in [0.5, 0.6) is 0 Å². The van der Waals surface area contributed by atoms with Crippen molar-refractivity contribution in [2.45, 2.75) is 33.2 Å². The van der Waals surface area contributed by atoms with Gasteiger partial charge in [0, 0.05) is 19.8 Å². The maximum atomic E-state index is 4.28. The monoisotopic (exact) mass is 419 g/mol. The summed E-state index contributed by atoms with van der Waals surface area (Å²) in [5.74, 6) is 0.837. The van der Waals surface area contributed by atoms with Crippen molar-refractivity contribution < 1.29 is 0 Å². The van der Waals surface area contributed by atoms with E-state index in [1.807, 2.05) is 18.2 Å². The molecule has 22 heavy (non-hydrogen) atoms. The van der Waals surface area contributed by atoms with Gasteiger partial charge < -0.3 is 15.5 Å². The second kappa shape index (κ2) is 13.8. The van der Waals surface area contributed by atoms with E-state index in [0.29, 0.717) is 6.54 Å². The number of aromatic nitrogens is 1. The fourth-order valence-electron chi connectivity index (χ4n) is 2.10. The zero-order valence-corrected chi connectivity index (χ0v) is 16.3. The van der Waals surface area contributed by atoms with Gasteiger partial charge in [-0.2, -0.15) is 0 Å². The third-order valence-corrected chi connectivity index (χ3v) is 3.47. The molecule has 126 valence electrons. The molecular weight excluding hydrogens is 389 g/mol. The number of nitrogens with one attached hydrogen (secondary N) is 2. The average Bonchev–Trinajstić information content (AvgIpc) is 2.54. The predicted octanol–water partition coefficient (Wildman–Crippen LogP) is 2.49. The Bertz CT molecular complexity index is 393. The molecule has 0 radical (unpaired) electrons. The van der Waals surface area contributed by atoms with Crippen LogP contribution < -0.4 is 10.6 Å². The Morgan fingerprint density at radius 1 is 1.18 bits per heavy atom. The highest BCUT2D eigenvalue weighted by Crippen LogP contribution is 1.94. The minimum absolute atomic E-state index is 0. The Labute approximate surface area is 152 Å². The van der Waals surface area contributed by atoms with Crippen molar-refractivity contribution >= 4 is 29.9 Å². The van der Waals surface area contributed by atoms with Gasteiger partial charge in [-0.3, -0.25) is 9.98 Å². The van der Waals surface area contributed by atoms with E-state index in [-0.39, 0.29) is 24.0 Å². The summed E-state index contributed by atoms with van der Waals surface area (Å²) in [7, 11) is 1.80. The molecule has 0 aliphatic rings. The number of rotatable bonds is 9. The molecule has 1 aromatic rings. The zero-order valence-electron chi connectivity index (χ0n) is 14.0. The predicted molar refractivity (Wildman–Crippen MR) is 105 cm³/mol. The Morgan fingerprint density at radius 2 is 1.95 bits per heavy atom. The van der Waals surface area contributed by atoms with Gasteiger partial charge in [0.2, 0.25) is 0 Å². The quantitative estimate of drug-likeness (QED) is 0.280. The average molecular weight is 419 g/mol. The van der Waals surface area contributed by atoms with E-state index < -0.39 is 0 Å². The summed E-state index contributed by atoms with van der Waals surface area (Å²) in [5.41, 5.74) is 1.02. The fraction of sp³-hybridized carbons (Fsp3) is 0.625. The van der Waals surface area contributed by atoms with E-state index in [0.717, 1.165) is 37.7 Å². The summed E-state index contributed by atoms with van der Waals surface area (Å²) < 4.78 is 0. The molecule has 0 aromatic carbocycles. The van der Waals surface area contributed by atoms with E-state index in [2.05, 4.69) is 39.4 Å². The summed E-state index contributed by atoms with van der Waals surface area (Å²) in [5, 5.41) is 6.62. The second-order valence-electron chi connectivity index (χ2n) is 4.91. The molecule has 0 aliphatic carbocycles. The number of nitrogens with zero attached hydrogens (tertiary/aromatic N) is 3. The van der Waals surface area contributed by atoms with E-state index in [1.54, 1.807) is 13.2 Å². The van der Waals surface area contributed by atoms with Crippen LogP contribution in [0.3, 0.4) is 0 Å². The Hall–Kier alpha value is -0.890. The molecule has 1 aromatic heterocycles. The number of aliphatic imine (C=N–C) groups is 1. The van der Waals surface area contributed by atoms with Crippen molar-refractivity contribution in [1.29, 1.82) is 0 Å². The Morgan fingerprint density at radius 3 is 2.55 bits per heavy atom. The zero-order chi connectivity index (χ0) is 15.3. The first-order chi connectivity index (χ1) is 10.3. The van der Waals surface area contributed by atoms with E-state index >= 15 is 0 Å². The number of halogens is 1. The number of unbranched alkanes of at least 4 members (excludes halogenated alkanes) is 1. The number of guanidine groups is 1. The van der Waals surface area contributed by atoms with Crippen molar-refractivity contribution in [1.82, 2.24) is 20.5 Å². The smallest absolute Gasteiger partial charge is 0.191 e. The largest absolute Gasteiger partial charge is 0.356 e. The van der Waals surface area contributed by atoms with Gasteiger partial charge in [-0.05, 0) is 44.6 Å². The first-order valence-electron chi connectivity index (χ1n) is 7.86. The summed E-state index contributed by atoms with van der Waals surface area (Å²) in [4.78, 5) is 11.0. The molecule has 0 fully saturated rings. The van der Waals surface area contributed by atoms with Crippen LogP contribution in [0.15, 0.2) is 29.4 Å². The third kappa shape index (κ3) is 9.19. The summed E-state index contributed by atoms with van der Waals surface area (Å²) in [6.45, 7) is 9.52. The molecule has 0 atom stereocenters. The van der Waals surface area contributed by atoms with Crippen LogP contribution in [-0.4, -0.2) is 49.1 Å². The van der Waals surface area contributed by atoms with Gasteiger partial charge in [0.15, 0.2) is 5.96 Å². The minimum atomic E-state index is 0. The minimum Gasteiger partial charge on any atom is -0.356 e. The first-order valence-corrected chi connectivity index (χ1v) is 7.86. The van der Waals surface area contributed by atoms with Gasteiger partial charge in [0.1, 0.15) is 0 Å². The van der Waals surface area contributed by atoms with Gasteiger partial charge in [0.25, 0.3) is 0 Å². The fourth-order valence-corrected chi connectivity index (χ4v) is 2.10. The molecule has 0 bridgehead atoms. The van der Waals surface area contributed by atoms with Crippen LogP contribution >= 0.6 is 24.0 Å². The SMILES string of the molecule is CCN(CC)CCCCNC(=NC)NCc1ccccn1.I. The second-order valence-corrected chi connectivity index (χ2v) is 4.91.